The minimum Gasteiger partial charge on any atom is -0.492 e. The molecule has 0 aromatic carbocycles. The molecule has 0 radical (unpaired) electrons. The molecule has 2 aliphatic heterocycles. The third-order valence-corrected chi connectivity index (χ3v) is 6.51. The van der Waals surface area contributed by atoms with Crippen molar-refractivity contribution in [2.24, 2.45) is 5.92 Å². The second-order valence-electron chi connectivity index (χ2n) is 8.74. The topological polar surface area (TPSA) is 50.6 Å². The molecule has 1 amide bonds. The second kappa shape index (κ2) is 8.19. The van der Waals surface area contributed by atoms with Gasteiger partial charge in [0.05, 0.1) is 18.3 Å². The summed E-state index contributed by atoms with van der Waals surface area (Å²) in [5.74, 6) is 1.35. The summed E-state index contributed by atoms with van der Waals surface area (Å²) in [5, 5.41) is 0. The molecule has 0 saturated carbocycles. The lowest BCUT2D eigenvalue weighted by atomic mass is 9.81. The Hall–Kier alpha value is -2.34. The van der Waals surface area contributed by atoms with Crippen LogP contribution in [0.1, 0.15) is 49.3 Å². The largest absolute Gasteiger partial charge is 0.492 e. The van der Waals surface area contributed by atoms with Crippen molar-refractivity contribution >= 4 is 5.91 Å². The number of carbonyl (C=O) groups is 1. The van der Waals surface area contributed by atoms with Crippen molar-refractivity contribution in [3.63, 3.8) is 0 Å². The third kappa shape index (κ3) is 3.90. The summed E-state index contributed by atoms with van der Waals surface area (Å²) in [4.78, 5) is 21.8. The molecule has 4 rings (SSSR count). The number of pyridine rings is 1. The Morgan fingerprint density at radius 2 is 1.97 bits per heavy atom. The van der Waals surface area contributed by atoms with E-state index in [1.54, 1.807) is 12.3 Å². The summed E-state index contributed by atoms with van der Waals surface area (Å²) in [6.45, 7) is 8.62. The molecule has 0 aliphatic carbocycles. The predicted molar refractivity (Wildman–Crippen MR) is 113 cm³/mol. The molecule has 1 saturated heterocycles. The van der Waals surface area contributed by atoms with E-state index in [0.717, 1.165) is 51.2 Å². The Bertz CT molecular complexity index is 835. The number of aromatic nitrogens is 2. The van der Waals surface area contributed by atoms with Crippen molar-refractivity contribution in [1.29, 1.82) is 0 Å². The summed E-state index contributed by atoms with van der Waals surface area (Å²) in [6, 6.07) is 8.03. The number of carbonyl (C=O) groups excluding carboxylic acids is 1. The number of hydrogen-bond donors (Lipinski definition) is 0. The van der Waals surface area contributed by atoms with E-state index in [9.17, 15) is 4.79 Å². The Morgan fingerprint density at radius 1 is 1.17 bits per heavy atom. The molecule has 1 spiro atoms. The number of piperidine rings is 1. The van der Waals surface area contributed by atoms with Gasteiger partial charge in [0.2, 0.25) is 0 Å². The maximum Gasteiger partial charge on any atom is 0.272 e. The molecule has 6 nitrogen and oxygen atoms in total. The monoisotopic (exact) mass is 396 g/mol. The van der Waals surface area contributed by atoms with Gasteiger partial charge in [-0.15, -0.1) is 0 Å². The molecule has 0 unspecified atom stereocenters. The van der Waals surface area contributed by atoms with Gasteiger partial charge in [0.25, 0.3) is 5.91 Å². The van der Waals surface area contributed by atoms with Crippen LogP contribution in [0.15, 0.2) is 36.7 Å². The first-order valence-electron chi connectivity index (χ1n) is 10.7. The number of rotatable bonds is 5. The molecule has 6 heteroatoms. The van der Waals surface area contributed by atoms with Gasteiger partial charge in [-0.05, 0) is 56.5 Å². The Morgan fingerprint density at radius 3 is 2.66 bits per heavy atom. The van der Waals surface area contributed by atoms with Crippen LogP contribution in [0.25, 0.3) is 0 Å². The zero-order chi connectivity index (χ0) is 20.4. The van der Waals surface area contributed by atoms with E-state index in [4.69, 9.17) is 4.74 Å². The van der Waals surface area contributed by atoms with Crippen LogP contribution in [0.3, 0.4) is 0 Å². The molecule has 2 aromatic heterocycles. The molecule has 0 atom stereocenters. The number of likely N-dealkylation sites (tertiary alicyclic amines) is 1. The fourth-order valence-electron chi connectivity index (χ4n) is 4.58. The highest BCUT2D eigenvalue weighted by Crippen LogP contribution is 2.40. The van der Waals surface area contributed by atoms with Gasteiger partial charge >= 0.3 is 0 Å². The van der Waals surface area contributed by atoms with E-state index < -0.39 is 0 Å². The first kappa shape index (κ1) is 20.0. The first-order chi connectivity index (χ1) is 14.0. The van der Waals surface area contributed by atoms with E-state index in [2.05, 4.69) is 53.7 Å². The minimum atomic E-state index is 0.0161. The Kier molecular flexibility index (Phi) is 5.63. The summed E-state index contributed by atoms with van der Waals surface area (Å²) < 4.78 is 8.09. The van der Waals surface area contributed by atoms with E-state index in [-0.39, 0.29) is 11.4 Å². The van der Waals surface area contributed by atoms with Crippen LogP contribution in [0.4, 0.5) is 0 Å². The maximum atomic E-state index is 13.0. The summed E-state index contributed by atoms with van der Waals surface area (Å²) >= 11 is 0. The number of likely N-dealkylation sites (N-methyl/N-ethyl adjacent to an activating group) is 1. The molecule has 4 heterocycles. The number of fused-ring (bicyclic) bond motifs is 2. The van der Waals surface area contributed by atoms with Gasteiger partial charge in [0.1, 0.15) is 11.4 Å². The molecule has 0 bridgehead atoms. The van der Waals surface area contributed by atoms with Gasteiger partial charge in [-0.25, -0.2) is 4.98 Å². The van der Waals surface area contributed by atoms with Gasteiger partial charge in [-0.2, -0.15) is 0 Å². The molecule has 2 aliphatic rings. The molecular weight excluding hydrogens is 364 g/mol. The fourth-order valence-corrected chi connectivity index (χ4v) is 4.58. The summed E-state index contributed by atoms with van der Waals surface area (Å²) in [7, 11) is 2.22. The normalized spacial score (nSPS) is 18.8. The zero-order valence-electron chi connectivity index (χ0n) is 17.8. The number of amides is 1. The van der Waals surface area contributed by atoms with Gasteiger partial charge in [-0.3, -0.25) is 9.69 Å². The molecule has 0 N–H and O–H groups in total. The van der Waals surface area contributed by atoms with Crippen LogP contribution in [0.2, 0.25) is 0 Å². The Balaban J connectivity index is 1.38. The van der Waals surface area contributed by atoms with Crippen LogP contribution in [-0.4, -0.2) is 58.5 Å². The highest BCUT2D eigenvalue weighted by atomic mass is 16.5. The number of nitrogens with zero attached hydrogens (tertiary/aromatic N) is 4. The second-order valence-corrected chi connectivity index (χ2v) is 8.74. The number of hydrogen-bond acceptors (Lipinski definition) is 4. The van der Waals surface area contributed by atoms with Gasteiger partial charge in [-0.1, -0.05) is 13.8 Å². The lowest BCUT2D eigenvalue weighted by Gasteiger charge is -2.50. The van der Waals surface area contributed by atoms with Gasteiger partial charge in [0.15, 0.2) is 0 Å². The highest BCUT2D eigenvalue weighted by molar-refractivity contribution is 5.92. The van der Waals surface area contributed by atoms with Crippen molar-refractivity contribution < 1.29 is 9.53 Å². The zero-order valence-corrected chi connectivity index (χ0v) is 17.8. The van der Waals surface area contributed by atoms with Crippen molar-refractivity contribution in [2.45, 2.75) is 45.2 Å². The van der Waals surface area contributed by atoms with Gasteiger partial charge in [0, 0.05) is 38.1 Å². The maximum absolute atomic E-state index is 13.0. The van der Waals surface area contributed by atoms with Gasteiger partial charge < -0.3 is 14.2 Å². The van der Waals surface area contributed by atoms with Crippen LogP contribution < -0.4 is 4.74 Å². The van der Waals surface area contributed by atoms with Crippen molar-refractivity contribution in [2.75, 3.05) is 33.3 Å². The lowest BCUT2D eigenvalue weighted by molar-refractivity contribution is 0.0129. The third-order valence-electron chi connectivity index (χ3n) is 6.51. The smallest absolute Gasteiger partial charge is 0.272 e. The average molecular weight is 397 g/mol. The molecule has 1 fully saturated rings. The average Bonchev–Trinajstić information content (AvgIpc) is 3.21. The fraction of sp³-hybridized carbons (Fsp3) is 0.565. The molecule has 2 aromatic rings. The van der Waals surface area contributed by atoms with E-state index in [0.29, 0.717) is 18.2 Å². The highest BCUT2D eigenvalue weighted by Gasteiger charge is 2.44. The van der Waals surface area contributed by atoms with Crippen LogP contribution in [-0.2, 0) is 12.1 Å². The van der Waals surface area contributed by atoms with Crippen LogP contribution in [0.5, 0.6) is 5.75 Å². The quantitative estimate of drug-likeness (QED) is 0.777. The van der Waals surface area contributed by atoms with E-state index in [1.807, 2.05) is 11.0 Å². The SMILES string of the molecule is CC(C)CCOc1ccc(C(=O)N2CCC3(CC2)c2cccn2CCN3C)nc1. The van der Waals surface area contributed by atoms with E-state index in [1.165, 1.54) is 5.69 Å². The number of ether oxygens (including phenoxy) is 1. The van der Waals surface area contributed by atoms with Crippen LogP contribution in [0, 0.1) is 5.92 Å². The van der Waals surface area contributed by atoms with Crippen molar-refractivity contribution in [3.05, 3.63) is 48.0 Å². The first-order valence-corrected chi connectivity index (χ1v) is 10.7. The predicted octanol–water partition coefficient (Wildman–Crippen LogP) is 3.38. The molecule has 156 valence electrons. The molecular formula is C23H32N4O2. The van der Waals surface area contributed by atoms with Crippen molar-refractivity contribution in [1.82, 2.24) is 19.4 Å². The van der Waals surface area contributed by atoms with Crippen LogP contribution >= 0.6 is 0 Å². The van der Waals surface area contributed by atoms with E-state index >= 15 is 0 Å². The lowest BCUT2D eigenvalue weighted by Crippen LogP contribution is -2.56. The molecule has 29 heavy (non-hydrogen) atoms. The standard InChI is InChI=1S/C23H32N4O2/c1-18(2)8-16-29-19-6-7-20(24-17-19)22(28)27-12-9-23(10-13-27)21-5-4-11-26(21)15-14-25(23)3/h4-7,11,17-18H,8-10,12-16H2,1-3H3. The summed E-state index contributed by atoms with van der Waals surface area (Å²) in [5.41, 5.74) is 1.93. The summed E-state index contributed by atoms with van der Waals surface area (Å²) in [6.07, 6.45) is 6.76. The minimum absolute atomic E-state index is 0.0161. The Labute approximate surface area is 173 Å². The van der Waals surface area contributed by atoms with Crippen molar-refractivity contribution in [3.8, 4) is 5.75 Å².